The summed E-state index contributed by atoms with van der Waals surface area (Å²) >= 11 is 0. The summed E-state index contributed by atoms with van der Waals surface area (Å²) in [5.74, 6) is -0.704. The topological polar surface area (TPSA) is 110 Å². The van der Waals surface area contributed by atoms with Crippen LogP contribution in [0.15, 0.2) is 30.3 Å². The molecule has 0 bridgehead atoms. The first-order valence-corrected chi connectivity index (χ1v) is 13.8. The van der Waals surface area contributed by atoms with Gasteiger partial charge in [0.2, 0.25) is 0 Å². The zero-order valence-electron chi connectivity index (χ0n) is 19.8. The molecule has 2 fully saturated rings. The van der Waals surface area contributed by atoms with Crippen LogP contribution in [0.2, 0.25) is 0 Å². The number of carbonyl (C=O) groups excluding carboxylic acids is 1. The monoisotopic (exact) mass is 523 g/mol. The van der Waals surface area contributed by atoms with E-state index in [4.69, 9.17) is 5.26 Å². The molecule has 2 unspecified atom stereocenters. The summed E-state index contributed by atoms with van der Waals surface area (Å²) in [4.78, 5) is 16.8. The molecule has 3 heterocycles. The number of H-pyrrole nitrogens is 1. The minimum atomic E-state index is -4.43. The zero-order valence-corrected chi connectivity index (χ0v) is 20.6. The first kappa shape index (κ1) is 26.0. The molecule has 12 heteroatoms. The number of likely N-dealkylation sites (tertiary alicyclic amines) is 2. The Bertz CT molecular complexity index is 1230. The summed E-state index contributed by atoms with van der Waals surface area (Å²) < 4.78 is 62.5. The lowest BCUT2D eigenvalue weighted by Crippen LogP contribution is -2.51. The van der Waals surface area contributed by atoms with Gasteiger partial charge in [0.15, 0.2) is 9.84 Å². The van der Waals surface area contributed by atoms with Crippen LogP contribution in [0.4, 0.5) is 18.0 Å². The second-order valence-corrected chi connectivity index (χ2v) is 11.9. The number of aromatic nitrogens is 2. The summed E-state index contributed by atoms with van der Waals surface area (Å²) in [7, 11) is -3.27. The molecule has 4 rings (SSSR count). The van der Waals surface area contributed by atoms with Crippen LogP contribution in [0.3, 0.4) is 0 Å². The summed E-state index contributed by atoms with van der Waals surface area (Å²) in [6, 6.07) is 8.78. The summed E-state index contributed by atoms with van der Waals surface area (Å²) in [5.41, 5.74) is 1.03. The minimum Gasteiger partial charge on any atom is -0.325 e. The van der Waals surface area contributed by atoms with E-state index >= 15 is 0 Å². The zero-order chi connectivity index (χ0) is 26.1. The first-order valence-electron chi connectivity index (χ1n) is 11.8. The van der Waals surface area contributed by atoms with Gasteiger partial charge in [0.25, 0.3) is 0 Å². The Morgan fingerprint density at radius 1 is 1.14 bits per heavy atom. The molecular weight excluding hydrogens is 495 g/mol. The molecule has 0 aliphatic carbocycles. The van der Waals surface area contributed by atoms with Gasteiger partial charge < -0.3 is 9.80 Å². The number of hydrogen-bond donors (Lipinski definition) is 1. The Morgan fingerprint density at radius 3 is 2.36 bits per heavy atom. The van der Waals surface area contributed by atoms with Crippen LogP contribution in [-0.2, 0) is 21.8 Å². The van der Waals surface area contributed by atoms with Crippen molar-refractivity contribution in [2.45, 2.75) is 43.0 Å². The van der Waals surface area contributed by atoms with E-state index in [-0.39, 0.29) is 29.5 Å². The smallest absolute Gasteiger partial charge is 0.325 e. The van der Waals surface area contributed by atoms with E-state index < -0.39 is 21.6 Å². The van der Waals surface area contributed by atoms with Crippen LogP contribution >= 0.6 is 0 Å². The van der Waals surface area contributed by atoms with Crippen LogP contribution in [0, 0.1) is 17.2 Å². The molecule has 36 heavy (non-hydrogen) atoms. The number of sulfone groups is 1. The van der Waals surface area contributed by atoms with Gasteiger partial charge in [-0.15, -0.1) is 0 Å². The van der Waals surface area contributed by atoms with Gasteiger partial charge in [-0.05, 0) is 43.0 Å². The fourth-order valence-electron chi connectivity index (χ4n) is 5.00. The lowest BCUT2D eigenvalue weighted by Gasteiger charge is -2.41. The molecule has 0 saturated carbocycles. The number of aromatic amines is 1. The third-order valence-corrected chi connectivity index (χ3v) is 7.70. The fraction of sp³-hybridized carbons (Fsp3) is 0.542. The van der Waals surface area contributed by atoms with E-state index in [1.807, 2.05) is 0 Å². The van der Waals surface area contributed by atoms with E-state index in [2.05, 4.69) is 16.3 Å². The van der Waals surface area contributed by atoms with Gasteiger partial charge >= 0.3 is 12.2 Å². The highest BCUT2D eigenvalue weighted by Crippen LogP contribution is 2.37. The maximum absolute atomic E-state index is 13.4. The number of rotatable bonds is 4. The number of piperidine rings is 2. The molecule has 2 amide bonds. The van der Waals surface area contributed by atoms with Crippen LogP contribution in [0.1, 0.15) is 53.6 Å². The lowest BCUT2D eigenvalue weighted by molar-refractivity contribution is -0.137. The van der Waals surface area contributed by atoms with Crippen LogP contribution in [0.5, 0.6) is 0 Å². The minimum absolute atomic E-state index is 0.0691. The van der Waals surface area contributed by atoms with Gasteiger partial charge in [-0.3, -0.25) is 5.10 Å². The largest absolute Gasteiger partial charge is 0.416 e. The molecular formula is C24H28F3N5O3S. The van der Waals surface area contributed by atoms with Crippen LogP contribution in [-0.4, -0.2) is 66.9 Å². The highest BCUT2D eigenvalue weighted by atomic mass is 32.2. The van der Waals surface area contributed by atoms with E-state index in [1.54, 1.807) is 15.9 Å². The van der Waals surface area contributed by atoms with Crippen molar-refractivity contribution in [1.82, 2.24) is 20.0 Å². The average Bonchev–Trinajstić information content (AvgIpc) is 3.30. The number of nitriles is 1. The third kappa shape index (κ3) is 6.19. The number of nitrogens with one attached hydrogen (secondary N) is 1. The van der Waals surface area contributed by atoms with Crippen LogP contribution in [0.25, 0.3) is 0 Å². The average molecular weight is 524 g/mol. The fourth-order valence-corrected chi connectivity index (χ4v) is 5.71. The SMILES string of the molecule is CS(=O)(=O)Cc1cc(C2CC(c3ccc(C(F)(F)F)cc3)CN(C(=O)N3CCC(C#N)CC3)C2)n[nH]1. The molecule has 1 aromatic carbocycles. The number of benzene rings is 1. The highest BCUT2D eigenvalue weighted by Gasteiger charge is 2.36. The predicted octanol–water partition coefficient (Wildman–Crippen LogP) is 3.90. The number of carbonyl (C=O) groups is 1. The molecule has 2 aliphatic rings. The quantitative estimate of drug-likeness (QED) is 0.654. The number of halogens is 3. The van der Waals surface area contributed by atoms with E-state index in [1.165, 1.54) is 12.1 Å². The van der Waals surface area contributed by atoms with E-state index in [0.29, 0.717) is 62.4 Å². The normalized spacial score (nSPS) is 21.9. The molecule has 2 saturated heterocycles. The number of hydrogen-bond acceptors (Lipinski definition) is 5. The maximum Gasteiger partial charge on any atom is 0.416 e. The maximum atomic E-state index is 13.4. The van der Waals surface area contributed by atoms with Crippen molar-refractivity contribution < 1.29 is 26.4 Å². The predicted molar refractivity (Wildman–Crippen MR) is 126 cm³/mol. The van der Waals surface area contributed by atoms with Gasteiger partial charge in [-0.25, -0.2) is 13.2 Å². The molecule has 1 N–H and O–H groups in total. The van der Waals surface area contributed by atoms with Crippen molar-refractivity contribution in [3.8, 4) is 6.07 Å². The van der Waals surface area contributed by atoms with Crippen molar-refractivity contribution in [3.05, 3.63) is 52.8 Å². The van der Waals surface area contributed by atoms with Crippen molar-refractivity contribution in [3.63, 3.8) is 0 Å². The second-order valence-electron chi connectivity index (χ2n) is 9.72. The van der Waals surface area contributed by atoms with Gasteiger partial charge in [-0.2, -0.15) is 23.5 Å². The van der Waals surface area contributed by atoms with Gasteiger partial charge in [0, 0.05) is 50.2 Å². The molecule has 194 valence electrons. The molecule has 2 aromatic rings. The molecule has 8 nitrogen and oxygen atoms in total. The molecule has 1 aromatic heterocycles. The second kappa shape index (κ2) is 10.1. The summed E-state index contributed by atoms with van der Waals surface area (Å²) in [6.07, 6.45) is -1.54. The summed E-state index contributed by atoms with van der Waals surface area (Å²) in [6.45, 7) is 1.66. The van der Waals surface area contributed by atoms with E-state index in [9.17, 15) is 26.4 Å². The number of alkyl halides is 3. The molecule has 2 atom stereocenters. The van der Waals surface area contributed by atoms with Crippen molar-refractivity contribution in [1.29, 1.82) is 5.26 Å². The Kier molecular flexibility index (Phi) is 7.31. The third-order valence-electron chi connectivity index (χ3n) is 6.87. The standard InChI is InChI=1S/C24H28F3N5O3S/c1-36(34,35)15-21-11-22(30-29-21)19-10-18(17-2-4-20(5-3-17)24(25,26)27)13-32(14-19)23(33)31-8-6-16(12-28)7-9-31/h2-5,11,16,18-19H,6-10,13-15H2,1H3,(H,29,30). The molecule has 2 aliphatic heterocycles. The van der Waals surface area contributed by atoms with Crippen molar-refractivity contribution >= 4 is 15.9 Å². The Morgan fingerprint density at radius 2 is 1.78 bits per heavy atom. The van der Waals surface area contributed by atoms with Gasteiger partial charge in [0.1, 0.15) is 0 Å². The number of amides is 2. The van der Waals surface area contributed by atoms with Crippen molar-refractivity contribution in [2.24, 2.45) is 5.92 Å². The lowest BCUT2D eigenvalue weighted by atomic mass is 9.82. The Labute approximate surface area is 208 Å². The first-order chi connectivity index (χ1) is 16.9. The van der Waals surface area contributed by atoms with Crippen molar-refractivity contribution in [2.75, 3.05) is 32.4 Å². The Hall–Kier alpha value is -3.07. The molecule has 0 spiro atoms. The number of urea groups is 1. The Balaban J connectivity index is 1.58. The van der Waals surface area contributed by atoms with E-state index in [0.717, 1.165) is 18.4 Å². The number of nitrogens with zero attached hydrogens (tertiary/aromatic N) is 4. The molecule has 0 radical (unpaired) electrons. The summed E-state index contributed by atoms with van der Waals surface area (Å²) in [5, 5.41) is 16.2. The van der Waals surface area contributed by atoms with Gasteiger partial charge in [0.05, 0.1) is 28.8 Å². The highest BCUT2D eigenvalue weighted by molar-refractivity contribution is 7.89. The van der Waals surface area contributed by atoms with Crippen LogP contribution < -0.4 is 0 Å². The van der Waals surface area contributed by atoms with Gasteiger partial charge in [-0.1, -0.05) is 12.1 Å².